The highest BCUT2D eigenvalue weighted by atomic mass is 16.1. The molecule has 0 fully saturated rings. The molecule has 2 unspecified atom stereocenters. The van der Waals surface area contributed by atoms with Crippen LogP contribution < -0.4 is 11.1 Å². The summed E-state index contributed by atoms with van der Waals surface area (Å²) in [6, 6.07) is -0.320. The van der Waals surface area contributed by atoms with Crippen LogP contribution in [-0.2, 0) is 4.79 Å². The fraction of sp³-hybridized carbons (Fsp3) is 0.500. The van der Waals surface area contributed by atoms with E-state index in [4.69, 9.17) is 5.73 Å². The normalized spacial score (nSPS) is 23.5. The molecule has 0 saturated heterocycles. The van der Waals surface area contributed by atoms with E-state index in [9.17, 15) is 4.79 Å². The van der Waals surface area contributed by atoms with Crippen molar-refractivity contribution in [3.05, 3.63) is 23.9 Å². The number of carbonyl (C=O) groups excluding carboxylic acids is 1. The van der Waals surface area contributed by atoms with Gasteiger partial charge >= 0.3 is 0 Å². The van der Waals surface area contributed by atoms with Crippen molar-refractivity contribution in [3.8, 4) is 0 Å². The number of hydrogen-bond donors (Lipinski definition) is 2. The van der Waals surface area contributed by atoms with Crippen molar-refractivity contribution in [2.45, 2.75) is 18.9 Å². The minimum absolute atomic E-state index is 0.320. The fourth-order valence-electron chi connectivity index (χ4n) is 1.43. The van der Waals surface area contributed by atoms with E-state index in [0.29, 0.717) is 5.92 Å². The molecule has 1 aliphatic carbocycles. The zero-order chi connectivity index (χ0) is 9.68. The molecule has 0 heterocycles. The number of allylic oxidation sites excluding steroid dienone is 3. The molecule has 2 atom stereocenters. The van der Waals surface area contributed by atoms with Gasteiger partial charge in [0.2, 0.25) is 0 Å². The smallest absolute Gasteiger partial charge is 0.136 e. The van der Waals surface area contributed by atoms with Gasteiger partial charge in [0.25, 0.3) is 0 Å². The van der Waals surface area contributed by atoms with E-state index in [1.165, 1.54) is 0 Å². The van der Waals surface area contributed by atoms with Crippen molar-refractivity contribution in [2.75, 3.05) is 7.05 Å². The van der Waals surface area contributed by atoms with E-state index < -0.39 is 0 Å². The van der Waals surface area contributed by atoms with Crippen molar-refractivity contribution >= 4 is 6.29 Å². The monoisotopic (exact) mass is 180 g/mol. The quantitative estimate of drug-likeness (QED) is 0.622. The molecular formula is C10H16N2O. The van der Waals surface area contributed by atoms with E-state index in [2.05, 4.69) is 17.5 Å². The Balaban J connectivity index is 2.39. The van der Waals surface area contributed by atoms with Crippen LogP contribution in [0.1, 0.15) is 12.8 Å². The zero-order valence-corrected chi connectivity index (χ0v) is 7.86. The van der Waals surface area contributed by atoms with Gasteiger partial charge in [-0.1, -0.05) is 12.2 Å². The number of nitrogens with one attached hydrogen (secondary N) is 1. The van der Waals surface area contributed by atoms with E-state index in [-0.39, 0.29) is 6.04 Å². The summed E-state index contributed by atoms with van der Waals surface area (Å²) in [6.45, 7) is 0. The number of rotatable bonds is 4. The van der Waals surface area contributed by atoms with E-state index in [0.717, 1.165) is 24.8 Å². The maximum absolute atomic E-state index is 10.3. The van der Waals surface area contributed by atoms with Gasteiger partial charge in [-0.05, 0) is 24.8 Å². The van der Waals surface area contributed by atoms with Crippen LogP contribution in [0, 0.1) is 5.92 Å². The molecule has 3 heteroatoms. The van der Waals surface area contributed by atoms with E-state index in [1.54, 1.807) is 0 Å². The van der Waals surface area contributed by atoms with Gasteiger partial charge in [0.15, 0.2) is 0 Å². The van der Waals surface area contributed by atoms with Gasteiger partial charge in [-0.25, -0.2) is 0 Å². The summed E-state index contributed by atoms with van der Waals surface area (Å²) in [4.78, 5) is 10.3. The maximum atomic E-state index is 10.3. The third-order valence-electron chi connectivity index (χ3n) is 2.23. The van der Waals surface area contributed by atoms with Crippen LogP contribution in [0.4, 0.5) is 0 Å². The Hall–Kier alpha value is -1.09. The Labute approximate surface area is 78.7 Å². The summed E-state index contributed by atoms with van der Waals surface area (Å²) in [5.74, 6) is 0.414. The van der Waals surface area contributed by atoms with Gasteiger partial charge in [-0.15, -0.1) is 0 Å². The lowest BCUT2D eigenvalue weighted by molar-refractivity contribution is -0.109. The molecule has 0 radical (unpaired) electrons. The Morgan fingerprint density at radius 3 is 3.08 bits per heavy atom. The van der Waals surface area contributed by atoms with Gasteiger partial charge < -0.3 is 15.8 Å². The van der Waals surface area contributed by atoms with Crippen molar-refractivity contribution in [1.29, 1.82) is 0 Å². The molecule has 0 aromatic carbocycles. The summed E-state index contributed by atoms with van der Waals surface area (Å²) in [6.07, 6.45) is 8.79. The summed E-state index contributed by atoms with van der Waals surface area (Å²) in [5, 5.41) is 3.07. The lowest BCUT2D eigenvalue weighted by Gasteiger charge is -2.17. The first-order chi connectivity index (χ1) is 6.26. The summed E-state index contributed by atoms with van der Waals surface area (Å²) >= 11 is 0. The zero-order valence-electron chi connectivity index (χ0n) is 7.86. The molecule has 0 bridgehead atoms. The molecular weight excluding hydrogens is 164 g/mol. The fourth-order valence-corrected chi connectivity index (χ4v) is 1.43. The summed E-state index contributed by atoms with van der Waals surface area (Å²) in [5.41, 5.74) is 6.67. The number of likely N-dealkylation sites (N-methyl/N-ethyl adjacent to an activating group) is 1. The van der Waals surface area contributed by atoms with Crippen molar-refractivity contribution in [2.24, 2.45) is 11.7 Å². The first-order valence-electron chi connectivity index (χ1n) is 4.53. The van der Waals surface area contributed by atoms with Crippen LogP contribution in [0.25, 0.3) is 0 Å². The van der Waals surface area contributed by atoms with Crippen LogP contribution >= 0.6 is 0 Å². The van der Waals surface area contributed by atoms with Crippen LogP contribution in [-0.4, -0.2) is 19.4 Å². The Bertz CT molecular complexity index is 233. The lowest BCUT2D eigenvalue weighted by Crippen LogP contribution is -2.25. The van der Waals surface area contributed by atoms with Crippen molar-refractivity contribution in [1.82, 2.24) is 5.32 Å². The van der Waals surface area contributed by atoms with Gasteiger partial charge in [0.1, 0.15) is 6.29 Å². The molecule has 0 saturated carbocycles. The van der Waals surface area contributed by atoms with Crippen LogP contribution in [0.2, 0.25) is 0 Å². The maximum Gasteiger partial charge on any atom is 0.136 e. The number of nitrogens with two attached hydrogens (primary N) is 1. The highest BCUT2D eigenvalue weighted by molar-refractivity contribution is 5.57. The van der Waals surface area contributed by atoms with Crippen LogP contribution in [0.5, 0.6) is 0 Å². The number of aldehydes is 1. The second-order valence-corrected chi connectivity index (χ2v) is 3.30. The molecule has 3 nitrogen and oxygen atoms in total. The minimum Gasteiger partial charge on any atom is -0.388 e. The topological polar surface area (TPSA) is 55.1 Å². The highest BCUT2D eigenvalue weighted by Gasteiger charge is 2.11. The molecule has 0 aromatic rings. The third kappa shape index (κ3) is 3.03. The Kier molecular flexibility index (Phi) is 3.71. The van der Waals surface area contributed by atoms with Crippen LogP contribution in [0.15, 0.2) is 23.9 Å². The van der Waals surface area contributed by atoms with Gasteiger partial charge in [0.05, 0.1) is 6.04 Å². The molecule has 72 valence electrons. The van der Waals surface area contributed by atoms with Gasteiger partial charge in [-0.2, -0.15) is 0 Å². The lowest BCUT2D eigenvalue weighted by atomic mass is 9.93. The van der Waals surface area contributed by atoms with E-state index in [1.807, 2.05) is 13.1 Å². The molecule has 0 aliphatic heterocycles. The van der Waals surface area contributed by atoms with Gasteiger partial charge in [-0.3, -0.25) is 0 Å². The Morgan fingerprint density at radius 1 is 1.85 bits per heavy atom. The largest absolute Gasteiger partial charge is 0.388 e. The molecule has 13 heavy (non-hydrogen) atoms. The van der Waals surface area contributed by atoms with Crippen LogP contribution in [0.3, 0.4) is 0 Å². The summed E-state index contributed by atoms with van der Waals surface area (Å²) in [7, 11) is 1.90. The first-order valence-corrected chi connectivity index (χ1v) is 4.53. The standard InChI is InChI=1S/C10H16N2O/c1-12-10-4-2-8(3-5-10)6-9(11)7-13/h2,4-5,7-9,12H,3,6,11H2,1H3. The number of hydrogen-bond acceptors (Lipinski definition) is 3. The number of carbonyl (C=O) groups is 1. The highest BCUT2D eigenvalue weighted by Crippen LogP contribution is 2.18. The molecule has 1 aliphatic rings. The first kappa shape index (κ1) is 9.99. The van der Waals surface area contributed by atoms with Crippen molar-refractivity contribution in [3.63, 3.8) is 0 Å². The van der Waals surface area contributed by atoms with Crippen molar-refractivity contribution < 1.29 is 4.79 Å². The molecule has 0 spiro atoms. The van der Waals surface area contributed by atoms with E-state index >= 15 is 0 Å². The average Bonchev–Trinajstić information content (AvgIpc) is 2.19. The second-order valence-electron chi connectivity index (χ2n) is 3.30. The second kappa shape index (κ2) is 4.82. The van der Waals surface area contributed by atoms with Gasteiger partial charge in [0, 0.05) is 12.7 Å². The molecule has 0 aromatic heterocycles. The molecule has 1 rings (SSSR count). The summed E-state index contributed by atoms with van der Waals surface area (Å²) < 4.78 is 0. The molecule has 3 N–H and O–H groups in total. The average molecular weight is 180 g/mol. The predicted molar refractivity (Wildman–Crippen MR) is 53.0 cm³/mol. The Morgan fingerprint density at radius 2 is 2.62 bits per heavy atom. The predicted octanol–water partition coefficient (Wildman–Crippen LogP) is 0.582. The SMILES string of the molecule is CNC1=CCC(CC(N)C=O)C=C1. The minimum atomic E-state index is -0.320. The molecule has 0 amide bonds. The third-order valence-corrected chi connectivity index (χ3v) is 2.23.